The minimum atomic E-state index is 0.265. The van der Waals surface area contributed by atoms with Gasteiger partial charge in [-0.15, -0.1) is 0 Å². The van der Waals surface area contributed by atoms with Gasteiger partial charge in [0.25, 0.3) is 0 Å². The third-order valence-corrected chi connectivity index (χ3v) is 4.92. The maximum absolute atomic E-state index is 6.39. The molecule has 3 atom stereocenters. The monoisotopic (exact) mass is 279 g/mol. The first kappa shape index (κ1) is 10.8. The van der Waals surface area contributed by atoms with Crippen LogP contribution >= 0.6 is 15.9 Å². The van der Waals surface area contributed by atoms with Gasteiger partial charge in [-0.1, -0.05) is 40.9 Å². The lowest BCUT2D eigenvalue weighted by Crippen LogP contribution is -2.14. The SMILES string of the molecule is NC(c1ccc(Br)cc1)C1C2CCCCC21. The van der Waals surface area contributed by atoms with Crippen LogP contribution in [-0.2, 0) is 0 Å². The topological polar surface area (TPSA) is 26.0 Å². The molecule has 2 N–H and O–H groups in total. The molecule has 2 aliphatic carbocycles. The molecule has 0 aliphatic heterocycles. The molecule has 1 aromatic carbocycles. The van der Waals surface area contributed by atoms with Crippen LogP contribution in [0.5, 0.6) is 0 Å². The number of nitrogens with two attached hydrogens (primary N) is 1. The van der Waals surface area contributed by atoms with Crippen molar-refractivity contribution in [2.45, 2.75) is 31.7 Å². The van der Waals surface area contributed by atoms with Crippen molar-refractivity contribution in [1.82, 2.24) is 0 Å². The Bertz CT molecular complexity index is 361. The Morgan fingerprint density at radius 1 is 1.06 bits per heavy atom. The van der Waals surface area contributed by atoms with Gasteiger partial charge in [0, 0.05) is 10.5 Å². The van der Waals surface area contributed by atoms with Crippen LogP contribution in [0.25, 0.3) is 0 Å². The Morgan fingerprint density at radius 3 is 2.19 bits per heavy atom. The second-order valence-corrected chi connectivity index (χ2v) is 6.18. The van der Waals surface area contributed by atoms with E-state index >= 15 is 0 Å². The molecule has 0 saturated heterocycles. The molecule has 0 radical (unpaired) electrons. The van der Waals surface area contributed by atoms with E-state index in [2.05, 4.69) is 40.2 Å². The molecule has 2 heteroatoms. The number of hydrogen-bond acceptors (Lipinski definition) is 1. The van der Waals surface area contributed by atoms with Crippen LogP contribution in [0.4, 0.5) is 0 Å². The van der Waals surface area contributed by atoms with Gasteiger partial charge in [0.1, 0.15) is 0 Å². The van der Waals surface area contributed by atoms with E-state index in [0.29, 0.717) is 0 Å². The summed E-state index contributed by atoms with van der Waals surface area (Å²) in [6, 6.07) is 8.79. The van der Waals surface area contributed by atoms with Gasteiger partial charge in [0.05, 0.1) is 0 Å². The van der Waals surface area contributed by atoms with Crippen molar-refractivity contribution in [3.8, 4) is 0 Å². The minimum absolute atomic E-state index is 0.265. The van der Waals surface area contributed by atoms with E-state index in [1.807, 2.05) is 0 Å². The van der Waals surface area contributed by atoms with Crippen LogP contribution in [0.2, 0.25) is 0 Å². The summed E-state index contributed by atoms with van der Waals surface area (Å²) in [7, 11) is 0. The zero-order chi connectivity index (χ0) is 11.1. The van der Waals surface area contributed by atoms with Gasteiger partial charge < -0.3 is 5.73 Å². The van der Waals surface area contributed by atoms with Gasteiger partial charge in [0.15, 0.2) is 0 Å². The van der Waals surface area contributed by atoms with Crippen molar-refractivity contribution >= 4 is 15.9 Å². The summed E-state index contributed by atoms with van der Waals surface area (Å²) in [5.74, 6) is 2.64. The molecule has 16 heavy (non-hydrogen) atoms. The number of hydrogen-bond donors (Lipinski definition) is 1. The average molecular weight is 280 g/mol. The number of rotatable bonds is 2. The average Bonchev–Trinajstić information content (AvgIpc) is 3.03. The van der Waals surface area contributed by atoms with Crippen molar-refractivity contribution in [1.29, 1.82) is 0 Å². The van der Waals surface area contributed by atoms with E-state index in [4.69, 9.17) is 5.73 Å². The first-order chi connectivity index (χ1) is 7.77. The fourth-order valence-electron chi connectivity index (χ4n) is 3.49. The summed E-state index contributed by atoms with van der Waals surface area (Å²) >= 11 is 3.47. The van der Waals surface area contributed by atoms with Crippen LogP contribution in [0.1, 0.15) is 37.3 Å². The van der Waals surface area contributed by atoms with Crippen LogP contribution < -0.4 is 5.73 Å². The highest BCUT2D eigenvalue weighted by Gasteiger charge is 2.53. The van der Waals surface area contributed by atoms with Crippen molar-refractivity contribution in [2.24, 2.45) is 23.5 Å². The van der Waals surface area contributed by atoms with Crippen molar-refractivity contribution < 1.29 is 0 Å². The maximum atomic E-state index is 6.39. The first-order valence-corrected chi connectivity index (χ1v) is 7.08. The zero-order valence-electron chi connectivity index (χ0n) is 9.40. The van der Waals surface area contributed by atoms with Gasteiger partial charge in [-0.25, -0.2) is 0 Å². The van der Waals surface area contributed by atoms with Crippen LogP contribution in [0.15, 0.2) is 28.7 Å². The first-order valence-electron chi connectivity index (χ1n) is 6.28. The fraction of sp³-hybridized carbons (Fsp3) is 0.571. The number of halogens is 1. The molecule has 3 rings (SSSR count). The Morgan fingerprint density at radius 2 is 1.62 bits per heavy atom. The molecule has 1 nitrogen and oxygen atoms in total. The highest BCUT2D eigenvalue weighted by Crippen LogP contribution is 2.59. The predicted octanol–water partition coefficient (Wildman–Crippen LogP) is 3.89. The second-order valence-electron chi connectivity index (χ2n) is 5.27. The van der Waals surface area contributed by atoms with Crippen LogP contribution in [0.3, 0.4) is 0 Å². The molecule has 2 aliphatic rings. The molecule has 0 spiro atoms. The quantitative estimate of drug-likeness (QED) is 0.874. The third-order valence-electron chi connectivity index (χ3n) is 4.39. The Labute approximate surface area is 106 Å². The zero-order valence-corrected chi connectivity index (χ0v) is 11.0. The number of benzene rings is 1. The lowest BCUT2D eigenvalue weighted by Gasteiger charge is -2.11. The Kier molecular flexibility index (Phi) is 2.80. The lowest BCUT2D eigenvalue weighted by atomic mass is 10.0. The molecule has 0 aromatic heterocycles. The van der Waals surface area contributed by atoms with Gasteiger partial charge in [-0.3, -0.25) is 0 Å². The molecule has 0 heterocycles. The molecule has 86 valence electrons. The summed E-state index contributed by atoms with van der Waals surface area (Å²) in [4.78, 5) is 0. The normalized spacial score (nSPS) is 34.2. The van der Waals surface area contributed by atoms with E-state index in [-0.39, 0.29) is 6.04 Å². The van der Waals surface area contributed by atoms with Crippen molar-refractivity contribution in [3.63, 3.8) is 0 Å². The van der Waals surface area contributed by atoms with Gasteiger partial charge in [-0.2, -0.15) is 0 Å². The molecule has 0 amide bonds. The largest absolute Gasteiger partial charge is 0.324 e. The second kappa shape index (κ2) is 4.15. The summed E-state index contributed by atoms with van der Waals surface area (Å²) in [5, 5.41) is 0. The Hall–Kier alpha value is -0.340. The highest BCUT2D eigenvalue weighted by atomic mass is 79.9. The summed E-state index contributed by atoms with van der Waals surface area (Å²) < 4.78 is 1.14. The van der Waals surface area contributed by atoms with E-state index in [0.717, 1.165) is 22.2 Å². The van der Waals surface area contributed by atoms with Crippen molar-refractivity contribution in [3.05, 3.63) is 34.3 Å². The molecule has 2 fully saturated rings. The Balaban J connectivity index is 1.74. The molecule has 3 unspecified atom stereocenters. The predicted molar refractivity (Wildman–Crippen MR) is 70.0 cm³/mol. The van der Waals surface area contributed by atoms with Crippen LogP contribution in [-0.4, -0.2) is 0 Å². The molecule has 0 bridgehead atoms. The summed E-state index contributed by atoms with van der Waals surface area (Å²) in [5.41, 5.74) is 7.70. The van der Waals surface area contributed by atoms with E-state index < -0.39 is 0 Å². The molecular weight excluding hydrogens is 262 g/mol. The van der Waals surface area contributed by atoms with Crippen LogP contribution in [0, 0.1) is 17.8 Å². The maximum Gasteiger partial charge on any atom is 0.0329 e. The fourth-order valence-corrected chi connectivity index (χ4v) is 3.75. The molecular formula is C14H18BrN. The smallest absolute Gasteiger partial charge is 0.0329 e. The standard InChI is InChI=1S/C14H18BrN/c15-10-7-5-9(6-8-10)14(16)13-11-3-1-2-4-12(11)13/h5-8,11-14H,1-4,16H2. The van der Waals surface area contributed by atoms with Gasteiger partial charge in [0.2, 0.25) is 0 Å². The van der Waals surface area contributed by atoms with Crippen molar-refractivity contribution in [2.75, 3.05) is 0 Å². The lowest BCUT2D eigenvalue weighted by molar-refractivity contribution is 0.480. The molecule has 2 saturated carbocycles. The van der Waals surface area contributed by atoms with E-state index in [1.54, 1.807) is 0 Å². The molecule has 1 aromatic rings. The van der Waals surface area contributed by atoms with Gasteiger partial charge >= 0.3 is 0 Å². The summed E-state index contributed by atoms with van der Waals surface area (Å²) in [6.45, 7) is 0. The number of fused-ring (bicyclic) bond motifs is 1. The minimum Gasteiger partial charge on any atom is -0.324 e. The van der Waals surface area contributed by atoms with Gasteiger partial charge in [-0.05, 0) is 48.3 Å². The summed E-state index contributed by atoms with van der Waals surface area (Å²) in [6.07, 6.45) is 5.68. The third kappa shape index (κ3) is 1.82. The van der Waals surface area contributed by atoms with E-state index in [9.17, 15) is 0 Å². The highest BCUT2D eigenvalue weighted by molar-refractivity contribution is 9.10. The van der Waals surface area contributed by atoms with E-state index in [1.165, 1.54) is 31.2 Å².